The van der Waals surface area contributed by atoms with Gasteiger partial charge in [0.2, 0.25) is 5.89 Å². The minimum Gasteiger partial charge on any atom is -0.337 e. The molecule has 0 aliphatic carbocycles. The van der Waals surface area contributed by atoms with Crippen molar-refractivity contribution in [3.05, 3.63) is 34.1 Å². The zero-order valence-electron chi connectivity index (χ0n) is 13.4. The van der Waals surface area contributed by atoms with Crippen molar-refractivity contribution in [3.63, 3.8) is 0 Å². The largest absolute Gasteiger partial charge is 0.337 e. The van der Waals surface area contributed by atoms with Crippen LogP contribution in [0.4, 0.5) is 4.79 Å². The Morgan fingerprint density at radius 2 is 2.13 bits per heavy atom. The summed E-state index contributed by atoms with van der Waals surface area (Å²) in [6.07, 6.45) is 0. The number of urea groups is 1. The third kappa shape index (κ3) is 2.63. The molecule has 1 saturated heterocycles. The van der Waals surface area contributed by atoms with Gasteiger partial charge in [0, 0.05) is 5.41 Å². The van der Waals surface area contributed by atoms with Gasteiger partial charge in [-0.1, -0.05) is 25.9 Å². The van der Waals surface area contributed by atoms with E-state index in [-0.39, 0.29) is 23.8 Å². The summed E-state index contributed by atoms with van der Waals surface area (Å²) in [5.74, 6) is 0.463. The van der Waals surface area contributed by atoms with E-state index < -0.39 is 11.6 Å². The van der Waals surface area contributed by atoms with Gasteiger partial charge in [0.15, 0.2) is 5.82 Å². The summed E-state index contributed by atoms with van der Waals surface area (Å²) in [4.78, 5) is 30.3. The van der Waals surface area contributed by atoms with Gasteiger partial charge in [0.05, 0.1) is 0 Å². The lowest BCUT2D eigenvalue weighted by Gasteiger charge is -2.20. The molecule has 0 radical (unpaired) electrons. The third-order valence-corrected chi connectivity index (χ3v) is 4.49. The van der Waals surface area contributed by atoms with E-state index in [1.165, 1.54) is 11.3 Å². The maximum absolute atomic E-state index is 12.7. The first-order chi connectivity index (χ1) is 10.7. The Hall–Kier alpha value is -2.22. The third-order valence-electron chi connectivity index (χ3n) is 3.81. The van der Waals surface area contributed by atoms with Gasteiger partial charge < -0.3 is 9.84 Å². The number of carbonyl (C=O) groups is 2. The van der Waals surface area contributed by atoms with E-state index in [1.54, 1.807) is 6.92 Å². The predicted octanol–water partition coefficient (Wildman–Crippen LogP) is 2.40. The summed E-state index contributed by atoms with van der Waals surface area (Å²) in [7, 11) is 0. The monoisotopic (exact) mass is 334 g/mol. The van der Waals surface area contributed by atoms with Gasteiger partial charge >= 0.3 is 6.03 Å². The highest BCUT2D eigenvalue weighted by molar-refractivity contribution is 7.08. The van der Waals surface area contributed by atoms with Crippen molar-refractivity contribution in [3.8, 4) is 0 Å². The molecule has 0 saturated carbocycles. The fourth-order valence-electron chi connectivity index (χ4n) is 2.34. The SMILES string of the molecule is CC(C)(C)c1noc(CN2C(=O)N[C@](C)(c3ccsc3)C2=O)n1. The second kappa shape index (κ2) is 5.16. The molecule has 1 atom stereocenters. The number of carbonyl (C=O) groups excluding carboxylic acids is 2. The second-order valence-corrected chi connectivity index (χ2v) is 7.50. The van der Waals surface area contributed by atoms with Gasteiger partial charge in [-0.2, -0.15) is 16.3 Å². The number of aromatic nitrogens is 2. The van der Waals surface area contributed by atoms with Gasteiger partial charge in [-0.05, 0) is 29.3 Å². The Morgan fingerprint density at radius 3 is 2.70 bits per heavy atom. The molecule has 0 bridgehead atoms. The van der Waals surface area contributed by atoms with E-state index in [4.69, 9.17) is 4.52 Å². The molecule has 2 aromatic heterocycles. The lowest BCUT2D eigenvalue weighted by molar-refractivity contribution is -0.131. The normalized spacial score (nSPS) is 21.8. The summed E-state index contributed by atoms with van der Waals surface area (Å²) in [6, 6.07) is 1.37. The molecule has 122 valence electrons. The molecular weight excluding hydrogens is 316 g/mol. The highest BCUT2D eigenvalue weighted by atomic mass is 32.1. The Kier molecular flexibility index (Phi) is 3.51. The Morgan fingerprint density at radius 1 is 1.39 bits per heavy atom. The summed E-state index contributed by atoms with van der Waals surface area (Å²) in [5.41, 5.74) is -0.543. The van der Waals surface area contributed by atoms with Crippen molar-refractivity contribution in [1.82, 2.24) is 20.4 Å². The fraction of sp³-hybridized carbons (Fsp3) is 0.467. The van der Waals surface area contributed by atoms with Crippen LogP contribution in [-0.4, -0.2) is 27.0 Å². The van der Waals surface area contributed by atoms with E-state index >= 15 is 0 Å². The molecule has 1 fully saturated rings. The molecule has 0 aromatic carbocycles. The molecule has 3 heterocycles. The molecule has 8 heteroatoms. The summed E-state index contributed by atoms with van der Waals surface area (Å²) < 4.78 is 5.18. The number of imide groups is 1. The van der Waals surface area contributed by atoms with E-state index in [2.05, 4.69) is 15.5 Å². The Labute approximate surface area is 137 Å². The molecule has 1 N–H and O–H groups in total. The second-order valence-electron chi connectivity index (χ2n) is 6.72. The molecule has 3 rings (SSSR count). The van der Waals surface area contributed by atoms with Crippen LogP contribution in [-0.2, 0) is 22.3 Å². The van der Waals surface area contributed by atoms with Gasteiger partial charge in [-0.3, -0.25) is 9.69 Å². The smallest absolute Gasteiger partial charge is 0.325 e. The zero-order valence-corrected chi connectivity index (χ0v) is 14.2. The van der Waals surface area contributed by atoms with Crippen molar-refractivity contribution < 1.29 is 14.1 Å². The maximum atomic E-state index is 12.7. The van der Waals surface area contributed by atoms with Crippen molar-refractivity contribution in [2.24, 2.45) is 0 Å². The van der Waals surface area contributed by atoms with Crippen LogP contribution < -0.4 is 5.32 Å². The van der Waals surface area contributed by atoms with Gasteiger partial charge in [-0.15, -0.1) is 0 Å². The average molecular weight is 334 g/mol. The molecule has 2 aromatic rings. The quantitative estimate of drug-likeness (QED) is 0.871. The van der Waals surface area contributed by atoms with Crippen LogP contribution in [0.15, 0.2) is 21.3 Å². The Bertz CT molecular complexity index is 747. The molecule has 1 aliphatic heterocycles. The highest BCUT2D eigenvalue weighted by Gasteiger charge is 2.49. The first kappa shape index (κ1) is 15.7. The summed E-state index contributed by atoms with van der Waals surface area (Å²) in [5, 5.41) is 10.4. The number of hydrogen-bond donors (Lipinski definition) is 1. The van der Waals surface area contributed by atoms with Crippen LogP contribution in [0.2, 0.25) is 0 Å². The molecule has 0 unspecified atom stereocenters. The number of rotatable bonds is 3. The number of thiophene rings is 1. The lowest BCUT2D eigenvalue weighted by Crippen LogP contribution is -2.40. The van der Waals surface area contributed by atoms with Crippen LogP contribution in [0.25, 0.3) is 0 Å². The summed E-state index contributed by atoms with van der Waals surface area (Å²) in [6.45, 7) is 7.55. The maximum Gasteiger partial charge on any atom is 0.325 e. The van der Waals surface area contributed by atoms with Crippen LogP contribution in [0, 0.1) is 0 Å². The molecule has 23 heavy (non-hydrogen) atoms. The number of nitrogens with one attached hydrogen (secondary N) is 1. The van der Waals surface area contributed by atoms with Crippen molar-refractivity contribution in [2.45, 2.75) is 45.2 Å². The van der Waals surface area contributed by atoms with Crippen LogP contribution in [0.3, 0.4) is 0 Å². The van der Waals surface area contributed by atoms with Crippen molar-refractivity contribution in [2.75, 3.05) is 0 Å². The van der Waals surface area contributed by atoms with Crippen LogP contribution in [0.1, 0.15) is 45.0 Å². The predicted molar refractivity (Wildman–Crippen MR) is 83.8 cm³/mol. The lowest BCUT2D eigenvalue weighted by atomic mass is 9.95. The summed E-state index contributed by atoms with van der Waals surface area (Å²) >= 11 is 1.48. The van der Waals surface area contributed by atoms with E-state index in [1.807, 2.05) is 37.6 Å². The van der Waals surface area contributed by atoms with Gasteiger partial charge in [0.25, 0.3) is 5.91 Å². The van der Waals surface area contributed by atoms with Crippen LogP contribution in [0.5, 0.6) is 0 Å². The number of nitrogens with zero attached hydrogens (tertiary/aromatic N) is 3. The number of amides is 3. The average Bonchev–Trinajstić information content (AvgIpc) is 3.16. The van der Waals surface area contributed by atoms with E-state index in [0.29, 0.717) is 5.82 Å². The molecule has 1 aliphatic rings. The molecular formula is C15H18N4O3S. The molecule has 3 amide bonds. The topological polar surface area (TPSA) is 88.3 Å². The first-order valence-corrected chi connectivity index (χ1v) is 8.16. The van der Waals surface area contributed by atoms with Gasteiger partial charge in [0.1, 0.15) is 12.1 Å². The van der Waals surface area contributed by atoms with E-state index in [9.17, 15) is 9.59 Å². The van der Waals surface area contributed by atoms with Crippen LogP contribution >= 0.6 is 11.3 Å². The van der Waals surface area contributed by atoms with Crippen molar-refractivity contribution in [1.29, 1.82) is 0 Å². The van der Waals surface area contributed by atoms with Crippen molar-refractivity contribution >= 4 is 23.3 Å². The highest BCUT2D eigenvalue weighted by Crippen LogP contribution is 2.31. The molecule has 0 spiro atoms. The Balaban J connectivity index is 1.83. The zero-order chi connectivity index (χ0) is 16.8. The minimum atomic E-state index is -1.05. The fourth-order valence-corrected chi connectivity index (χ4v) is 3.11. The molecule has 7 nitrogen and oxygen atoms in total. The standard InChI is InChI=1S/C15H18N4O3S/c1-14(2,3)11-16-10(22-18-11)7-19-12(20)15(4,17-13(19)21)9-5-6-23-8-9/h5-6,8H,7H2,1-4H3,(H,17,21)/t15-/m1/s1. The first-order valence-electron chi connectivity index (χ1n) is 7.21. The number of hydrogen-bond acceptors (Lipinski definition) is 6. The minimum absolute atomic E-state index is 0.0343. The van der Waals surface area contributed by atoms with E-state index in [0.717, 1.165) is 10.5 Å². The van der Waals surface area contributed by atoms with Gasteiger partial charge in [-0.25, -0.2) is 4.79 Å².